The predicted octanol–water partition coefficient (Wildman–Crippen LogP) is 1.61. The summed E-state index contributed by atoms with van der Waals surface area (Å²) in [5.74, 6) is -2.89. The number of aliphatic hydroxyl groups is 1. The van der Waals surface area contributed by atoms with E-state index in [2.05, 4.69) is 15.1 Å². The fraction of sp³-hybridized carbons (Fsp3) is 0.619. The number of anilines is 1. The van der Waals surface area contributed by atoms with Crippen molar-refractivity contribution in [1.29, 1.82) is 5.26 Å². The summed E-state index contributed by atoms with van der Waals surface area (Å²) in [6.45, 7) is 1.67. The first-order chi connectivity index (χ1) is 16.4. The highest BCUT2D eigenvalue weighted by Crippen LogP contribution is 2.41. The van der Waals surface area contributed by atoms with Crippen LogP contribution in [0.4, 0.5) is 14.7 Å². The monoisotopic (exact) mass is 511 g/mol. The average molecular weight is 512 g/mol. The molecule has 1 N–H and O–H groups in total. The smallest absolute Gasteiger partial charge is 0.251 e. The molecule has 0 radical (unpaired) electrons. The first kappa shape index (κ1) is 25.4. The number of hydrogen-bond donors (Lipinski definition) is 1. The second-order valence-electron chi connectivity index (χ2n) is 9.22. The van der Waals surface area contributed by atoms with Crippen molar-refractivity contribution in [2.75, 3.05) is 18.2 Å². The number of piperidine rings is 1. The molecule has 2 atom stereocenters. The van der Waals surface area contributed by atoms with E-state index in [9.17, 15) is 22.3 Å². The van der Waals surface area contributed by atoms with Gasteiger partial charge in [0.2, 0.25) is 16.0 Å². The number of sulfonamides is 1. The van der Waals surface area contributed by atoms with Gasteiger partial charge >= 0.3 is 0 Å². The Morgan fingerprint density at radius 3 is 2.43 bits per heavy atom. The van der Waals surface area contributed by atoms with E-state index in [1.54, 1.807) is 7.05 Å². The summed E-state index contributed by atoms with van der Waals surface area (Å²) in [4.78, 5) is 14.5. The van der Waals surface area contributed by atoms with Crippen LogP contribution in [-0.4, -0.2) is 74.3 Å². The number of nitriles is 1. The lowest BCUT2D eigenvalue weighted by molar-refractivity contribution is -0.193. The maximum absolute atomic E-state index is 13.9. The highest BCUT2D eigenvalue weighted by atomic mass is 32.2. The van der Waals surface area contributed by atoms with Gasteiger partial charge < -0.3 is 5.11 Å². The average Bonchev–Trinajstić information content (AvgIpc) is 3.25. The van der Waals surface area contributed by atoms with Gasteiger partial charge in [-0.1, -0.05) is 0 Å². The van der Waals surface area contributed by atoms with Gasteiger partial charge in [0.25, 0.3) is 5.92 Å². The third-order valence-corrected chi connectivity index (χ3v) is 8.21. The molecule has 2 unspecified atom stereocenters. The van der Waals surface area contributed by atoms with Crippen LogP contribution in [0.3, 0.4) is 0 Å². The third-order valence-electron chi connectivity index (χ3n) is 6.36. The van der Waals surface area contributed by atoms with E-state index >= 15 is 0 Å². The van der Waals surface area contributed by atoms with Gasteiger partial charge in [-0.15, -0.1) is 0 Å². The van der Waals surface area contributed by atoms with Crippen molar-refractivity contribution < 1.29 is 27.1 Å². The van der Waals surface area contributed by atoms with E-state index in [-0.39, 0.29) is 42.0 Å². The van der Waals surface area contributed by atoms with Gasteiger partial charge in [-0.25, -0.2) is 32.2 Å². The van der Waals surface area contributed by atoms with Crippen molar-refractivity contribution in [3.05, 3.63) is 30.4 Å². The van der Waals surface area contributed by atoms with Crippen molar-refractivity contribution >= 4 is 16.0 Å². The van der Waals surface area contributed by atoms with Gasteiger partial charge in [-0.2, -0.15) is 14.7 Å². The highest BCUT2D eigenvalue weighted by molar-refractivity contribution is 7.89. The molecule has 1 aliphatic carbocycles. The molecular formula is C21H27F2N7O4S. The van der Waals surface area contributed by atoms with Crippen LogP contribution in [-0.2, 0) is 21.9 Å². The number of halogens is 2. The maximum Gasteiger partial charge on any atom is 0.251 e. The Balaban J connectivity index is 1.54. The number of nitrogens with zero attached hydrogens (tertiary/aromatic N) is 7. The van der Waals surface area contributed by atoms with Crippen LogP contribution in [0.1, 0.15) is 44.6 Å². The molecule has 2 aromatic rings. The van der Waals surface area contributed by atoms with Crippen LogP contribution >= 0.6 is 0 Å². The second kappa shape index (κ2) is 9.38. The number of hydrogen-bond acceptors (Lipinski definition) is 9. The fourth-order valence-corrected chi connectivity index (χ4v) is 5.93. The van der Waals surface area contributed by atoms with Crippen molar-refractivity contribution in [2.45, 2.75) is 67.6 Å². The lowest BCUT2D eigenvalue weighted by Crippen LogP contribution is -2.55. The Morgan fingerprint density at radius 2 is 1.89 bits per heavy atom. The van der Waals surface area contributed by atoms with Gasteiger partial charge in [0.15, 0.2) is 0 Å². The molecule has 3 heterocycles. The zero-order valence-electron chi connectivity index (χ0n) is 19.4. The zero-order valence-corrected chi connectivity index (χ0v) is 20.2. The Bertz CT molecular complexity index is 1190. The fourth-order valence-electron chi connectivity index (χ4n) is 4.47. The summed E-state index contributed by atoms with van der Waals surface area (Å²) in [5.41, 5.74) is -1.56. The first-order valence-electron chi connectivity index (χ1n) is 11.2. The molecule has 190 valence electrons. The third kappa shape index (κ3) is 5.43. The van der Waals surface area contributed by atoms with Crippen LogP contribution in [0, 0.1) is 11.3 Å². The number of aryl methyl sites for hydroxylation is 1. The maximum atomic E-state index is 13.9. The molecule has 14 heteroatoms. The van der Waals surface area contributed by atoms with E-state index < -0.39 is 40.5 Å². The molecule has 1 aliphatic heterocycles. The minimum absolute atomic E-state index is 0.0823. The summed E-state index contributed by atoms with van der Waals surface area (Å²) in [5, 5.41) is 25.1. The van der Waals surface area contributed by atoms with Crippen LogP contribution in [0.25, 0.3) is 0 Å². The summed E-state index contributed by atoms with van der Waals surface area (Å²) in [6.07, 6.45) is 3.83. The van der Waals surface area contributed by atoms with Gasteiger partial charge in [-0.05, 0) is 26.2 Å². The Morgan fingerprint density at radius 1 is 1.23 bits per heavy atom. The second-order valence-corrected chi connectivity index (χ2v) is 11.2. The van der Waals surface area contributed by atoms with Crippen molar-refractivity contribution in [1.82, 2.24) is 24.1 Å². The lowest BCUT2D eigenvalue weighted by Gasteiger charge is -2.44. The Labute approximate surface area is 201 Å². The number of rotatable bonds is 6. The number of aromatic nitrogens is 4. The molecule has 11 nitrogen and oxygen atoms in total. The van der Waals surface area contributed by atoms with E-state index in [0.29, 0.717) is 12.8 Å². The van der Waals surface area contributed by atoms with Gasteiger partial charge in [0.1, 0.15) is 17.1 Å². The molecule has 2 aromatic heterocycles. The van der Waals surface area contributed by atoms with E-state index in [0.717, 1.165) is 0 Å². The van der Waals surface area contributed by atoms with Crippen molar-refractivity contribution in [3.63, 3.8) is 0 Å². The molecule has 0 spiro atoms. The summed E-state index contributed by atoms with van der Waals surface area (Å²) < 4.78 is 56.5. The topological polar surface area (TPSA) is 137 Å². The molecule has 0 aromatic carbocycles. The molecule has 1 saturated heterocycles. The van der Waals surface area contributed by atoms with Gasteiger partial charge in [-0.3, -0.25) is 9.52 Å². The van der Waals surface area contributed by atoms with Crippen LogP contribution in [0.15, 0.2) is 29.7 Å². The quantitative estimate of drug-likeness (QED) is 0.573. The van der Waals surface area contributed by atoms with Gasteiger partial charge in [0, 0.05) is 39.2 Å². The molecule has 4 rings (SSSR count). The minimum atomic E-state index is -3.72. The van der Waals surface area contributed by atoms with Crippen LogP contribution in [0.5, 0.6) is 0 Å². The molecular weight excluding hydrogens is 484 g/mol. The molecule has 35 heavy (non-hydrogen) atoms. The Hall–Kier alpha value is -2.73. The number of hydroxylamine groups is 1. The summed E-state index contributed by atoms with van der Waals surface area (Å²) in [7, 11) is -2.09. The summed E-state index contributed by atoms with van der Waals surface area (Å²) in [6, 6.07) is 1.54. The summed E-state index contributed by atoms with van der Waals surface area (Å²) >= 11 is 0. The van der Waals surface area contributed by atoms with Crippen molar-refractivity contribution in [3.8, 4) is 6.07 Å². The van der Waals surface area contributed by atoms with Crippen molar-refractivity contribution in [2.24, 2.45) is 7.05 Å². The normalized spacial score (nSPS) is 25.8. The van der Waals surface area contributed by atoms with Gasteiger partial charge in [0.05, 0.1) is 35.8 Å². The zero-order chi connectivity index (χ0) is 25.4. The SMILES string of the molecule is Cn1cc(S(=O)(=O)N2CCC(N(OC3CCC(F)(F)CC3(C)O)c3ncc(C#N)cn3)CC2)cn1. The standard InChI is InChI=1S/C21H27F2N7O4S/c1-20(31)14-21(22,23)6-3-18(20)34-30(19-25-10-15(9-24)11-26-19)16-4-7-29(8-5-16)35(32,33)17-12-27-28(2)13-17/h10-13,16,18,31H,3-8,14H2,1-2H3. The molecule has 0 bridgehead atoms. The lowest BCUT2D eigenvalue weighted by atomic mass is 9.81. The van der Waals surface area contributed by atoms with E-state index in [1.165, 1.54) is 45.8 Å². The van der Waals surface area contributed by atoms with Crippen LogP contribution < -0.4 is 5.06 Å². The highest BCUT2D eigenvalue weighted by Gasteiger charge is 2.50. The molecule has 2 fully saturated rings. The number of alkyl halides is 2. The molecule has 1 saturated carbocycles. The molecule has 2 aliphatic rings. The predicted molar refractivity (Wildman–Crippen MR) is 119 cm³/mol. The van der Waals surface area contributed by atoms with Crippen LogP contribution in [0.2, 0.25) is 0 Å². The Kier molecular flexibility index (Phi) is 6.80. The molecule has 0 amide bonds. The van der Waals surface area contributed by atoms with E-state index in [4.69, 9.17) is 10.1 Å². The van der Waals surface area contributed by atoms with E-state index in [1.807, 2.05) is 6.07 Å². The minimum Gasteiger partial charge on any atom is -0.387 e. The first-order valence-corrected chi connectivity index (χ1v) is 12.6. The largest absolute Gasteiger partial charge is 0.387 e.